The number of ether oxygens (including phenoxy) is 2. The standard InChI is InChI=1S/C48H78NO9P/c1-3-5-7-9-11-13-15-17-18-19-20-21-22-23-24-25-26-27-29-31-33-35-37-39-41-55-42-45(43-56-59(53,54)57-44-46(49)48(51)52)58-47(50)40-38-36-34-32-30-28-16-14-12-10-8-6-4-2/h5-8,11-14,17-18,20-21,23-24,26-28,30,45-46H,3-4,9-10,15-16,19,22,25,29,31-44,49H2,1-2H3,(H,51,52)(H,53,54)/b7-5-,8-6-,13-11-,14-12-,18-17-,21-20-,24-23-,27-26-,30-28-. The molecular formula is C48H78NO9P. The lowest BCUT2D eigenvalue weighted by molar-refractivity contribution is -0.154. The maximum Gasteiger partial charge on any atom is 0.472 e. The molecule has 0 aromatic carbocycles. The number of phosphoric acid groups is 1. The van der Waals surface area contributed by atoms with Crippen LogP contribution in [0.2, 0.25) is 0 Å². The van der Waals surface area contributed by atoms with E-state index in [0.717, 1.165) is 116 Å². The van der Waals surface area contributed by atoms with Crippen molar-refractivity contribution < 1.29 is 42.7 Å². The van der Waals surface area contributed by atoms with Gasteiger partial charge in [0.1, 0.15) is 12.1 Å². The molecule has 0 amide bonds. The lowest BCUT2D eigenvalue weighted by Gasteiger charge is -2.20. The molecule has 0 bridgehead atoms. The Hall–Kier alpha value is -3.37. The number of allylic oxidation sites excluding steroid dienone is 18. The third-order valence-corrected chi connectivity index (χ3v) is 9.50. The van der Waals surface area contributed by atoms with E-state index in [2.05, 4.69) is 123 Å². The molecule has 0 radical (unpaired) electrons. The number of carboxylic acid groups (broad SMARTS) is 1. The largest absolute Gasteiger partial charge is 0.480 e. The zero-order valence-corrected chi connectivity index (χ0v) is 37.2. The van der Waals surface area contributed by atoms with Crippen molar-refractivity contribution in [3.8, 4) is 0 Å². The van der Waals surface area contributed by atoms with E-state index >= 15 is 0 Å². The van der Waals surface area contributed by atoms with Gasteiger partial charge in [0.2, 0.25) is 0 Å². The number of nitrogens with two attached hydrogens (primary N) is 1. The number of unbranched alkanes of at least 4 members (excludes halogenated alkanes) is 8. The molecule has 0 aromatic heterocycles. The minimum absolute atomic E-state index is 0.0167. The molecule has 3 atom stereocenters. The van der Waals surface area contributed by atoms with E-state index in [1.165, 1.54) is 0 Å². The third kappa shape index (κ3) is 42.6. The van der Waals surface area contributed by atoms with Crippen molar-refractivity contribution in [2.45, 2.75) is 154 Å². The summed E-state index contributed by atoms with van der Waals surface area (Å²) in [5.41, 5.74) is 5.35. The fourth-order valence-corrected chi connectivity index (χ4v) is 5.99. The Morgan fingerprint density at radius 1 is 0.542 bits per heavy atom. The van der Waals surface area contributed by atoms with Gasteiger partial charge in [-0.25, -0.2) is 4.57 Å². The molecular weight excluding hydrogens is 765 g/mol. The second-order valence-corrected chi connectivity index (χ2v) is 15.5. The summed E-state index contributed by atoms with van der Waals surface area (Å²) < 4.78 is 33.3. The molecule has 3 unspecified atom stereocenters. The van der Waals surface area contributed by atoms with Crippen molar-refractivity contribution in [2.24, 2.45) is 5.73 Å². The first-order chi connectivity index (χ1) is 28.7. The predicted octanol–water partition coefficient (Wildman–Crippen LogP) is 12.3. The van der Waals surface area contributed by atoms with E-state index in [-0.39, 0.29) is 13.0 Å². The van der Waals surface area contributed by atoms with E-state index in [1.54, 1.807) is 0 Å². The highest BCUT2D eigenvalue weighted by Gasteiger charge is 2.27. The highest BCUT2D eigenvalue weighted by atomic mass is 31.2. The Morgan fingerprint density at radius 3 is 1.39 bits per heavy atom. The monoisotopic (exact) mass is 844 g/mol. The first kappa shape index (κ1) is 55.6. The van der Waals surface area contributed by atoms with E-state index < -0.39 is 45.1 Å². The van der Waals surface area contributed by atoms with Gasteiger partial charge < -0.3 is 25.2 Å². The molecule has 59 heavy (non-hydrogen) atoms. The zero-order valence-electron chi connectivity index (χ0n) is 36.3. The number of esters is 1. The number of carboxylic acids is 1. The smallest absolute Gasteiger partial charge is 0.472 e. The Labute approximate surface area is 357 Å². The number of hydrogen-bond donors (Lipinski definition) is 3. The van der Waals surface area contributed by atoms with Gasteiger partial charge in [0, 0.05) is 13.0 Å². The van der Waals surface area contributed by atoms with Crippen LogP contribution in [0.25, 0.3) is 0 Å². The number of carbonyl (C=O) groups is 2. The van der Waals surface area contributed by atoms with Crippen LogP contribution < -0.4 is 5.73 Å². The molecule has 4 N–H and O–H groups in total. The molecule has 10 nitrogen and oxygen atoms in total. The van der Waals surface area contributed by atoms with Gasteiger partial charge >= 0.3 is 19.8 Å². The first-order valence-electron chi connectivity index (χ1n) is 21.9. The Bertz CT molecular complexity index is 1350. The minimum Gasteiger partial charge on any atom is -0.480 e. The Kier molecular flexibility index (Phi) is 40.3. The molecule has 0 aliphatic heterocycles. The van der Waals surface area contributed by atoms with Crippen LogP contribution >= 0.6 is 7.82 Å². The third-order valence-electron chi connectivity index (χ3n) is 8.55. The first-order valence-corrected chi connectivity index (χ1v) is 23.4. The summed E-state index contributed by atoms with van der Waals surface area (Å²) in [5, 5.41) is 8.89. The maximum atomic E-state index is 12.6. The zero-order chi connectivity index (χ0) is 43.3. The minimum atomic E-state index is -4.64. The maximum absolute atomic E-state index is 12.6. The lowest BCUT2D eigenvalue weighted by atomic mass is 10.1. The van der Waals surface area contributed by atoms with Gasteiger partial charge in [0.15, 0.2) is 0 Å². The van der Waals surface area contributed by atoms with Crippen LogP contribution in [0.15, 0.2) is 109 Å². The van der Waals surface area contributed by atoms with Crippen LogP contribution in [-0.2, 0) is 32.7 Å². The van der Waals surface area contributed by atoms with Gasteiger partial charge in [-0.15, -0.1) is 0 Å². The van der Waals surface area contributed by atoms with Gasteiger partial charge in [0.25, 0.3) is 0 Å². The summed E-state index contributed by atoms with van der Waals surface area (Å²) in [7, 11) is -4.64. The van der Waals surface area contributed by atoms with E-state index in [1.807, 2.05) is 0 Å². The van der Waals surface area contributed by atoms with Crippen molar-refractivity contribution in [2.75, 3.05) is 26.4 Å². The Balaban J connectivity index is 4.30. The van der Waals surface area contributed by atoms with Crippen molar-refractivity contribution >= 4 is 19.8 Å². The predicted molar refractivity (Wildman–Crippen MR) is 244 cm³/mol. The second-order valence-electron chi connectivity index (χ2n) is 14.1. The Morgan fingerprint density at radius 2 is 0.932 bits per heavy atom. The van der Waals surface area contributed by atoms with E-state index in [0.29, 0.717) is 13.0 Å². The van der Waals surface area contributed by atoms with Gasteiger partial charge in [-0.3, -0.25) is 18.6 Å². The average molecular weight is 844 g/mol. The lowest BCUT2D eigenvalue weighted by Crippen LogP contribution is -2.34. The van der Waals surface area contributed by atoms with Crippen LogP contribution in [0.3, 0.4) is 0 Å². The molecule has 0 aliphatic carbocycles. The molecule has 0 fully saturated rings. The van der Waals surface area contributed by atoms with Gasteiger partial charge in [-0.05, 0) is 96.3 Å². The highest BCUT2D eigenvalue weighted by Crippen LogP contribution is 2.43. The van der Waals surface area contributed by atoms with Crippen LogP contribution in [0.1, 0.15) is 142 Å². The van der Waals surface area contributed by atoms with Crippen molar-refractivity contribution in [3.05, 3.63) is 109 Å². The number of aliphatic carboxylic acids is 1. The van der Waals surface area contributed by atoms with Crippen LogP contribution in [0.4, 0.5) is 0 Å². The SMILES string of the molecule is CC/C=C\C/C=C\C/C=C\C/C=C\C/C=C\C/C=C\CCCCCCCOCC(COP(=O)(O)OCC(N)C(=O)O)OC(=O)CCCCC/C=C\C/C=C\C/C=C\CC. The molecule has 0 spiro atoms. The van der Waals surface area contributed by atoms with Gasteiger partial charge in [-0.2, -0.15) is 0 Å². The number of carbonyl (C=O) groups excluding carboxylic acids is 1. The topological polar surface area (TPSA) is 155 Å². The summed E-state index contributed by atoms with van der Waals surface area (Å²) in [6.07, 6.45) is 57.2. The summed E-state index contributed by atoms with van der Waals surface area (Å²) in [5.74, 6) is -1.83. The molecule has 0 heterocycles. The van der Waals surface area contributed by atoms with E-state index in [4.69, 9.17) is 29.4 Å². The van der Waals surface area contributed by atoms with Crippen LogP contribution in [0, 0.1) is 0 Å². The molecule has 11 heteroatoms. The second kappa shape index (κ2) is 42.7. The van der Waals surface area contributed by atoms with Crippen molar-refractivity contribution in [1.29, 1.82) is 0 Å². The molecule has 0 rings (SSSR count). The van der Waals surface area contributed by atoms with Gasteiger partial charge in [-0.1, -0.05) is 149 Å². The molecule has 334 valence electrons. The van der Waals surface area contributed by atoms with Gasteiger partial charge in [0.05, 0.1) is 19.8 Å². The average Bonchev–Trinajstić information content (AvgIpc) is 3.21. The van der Waals surface area contributed by atoms with Crippen molar-refractivity contribution in [3.63, 3.8) is 0 Å². The highest BCUT2D eigenvalue weighted by molar-refractivity contribution is 7.47. The fourth-order valence-electron chi connectivity index (χ4n) is 5.21. The number of hydrogen-bond acceptors (Lipinski definition) is 8. The summed E-state index contributed by atoms with van der Waals surface area (Å²) in [6.45, 7) is 3.53. The van der Waals surface area contributed by atoms with E-state index in [9.17, 15) is 19.0 Å². The van der Waals surface area contributed by atoms with Crippen LogP contribution in [0.5, 0.6) is 0 Å². The number of phosphoric ester groups is 1. The molecule has 0 saturated carbocycles. The summed E-state index contributed by atoms with van der Waals surface area (Å²) in [6, 6.07) is -1.49. The van der Waals surface area contributed by atoms with Crippen LogP contribution in [-0.4, -0.2) is 60.5 Å². The van der Waals surface area contributed by atoms with Crippen molar-refractivity contribution in [1.82, 2.24) is 0 Å². The molecule has 0 aliphatic rings. The normalized spacial score (nSPS) is 14.9. The fraction of sp³-hybridized carbons (Fsp3) is 0.583. The molecule has 0 saturated heterocycles. The summed E-state index contributed by atoms with van der Waals surface area (Å²) >= 11 is 0. The number of rotatable bonds is 40. The quantitative estimate of drug-likeness (QED) is 0.0235. The molecule has 0 aromatic rings. The summed E-state index contributed by atoms with van der Waals surface area (Å²) in [4.78, 5) is 33.5.